The van der Waals surface area contributed by atoms with Crippen molar-refractivity contribution >= 4 is 22.6 Å². The van der Waals surface area contributed by atoms with Crippen molar-refractivity contribution in [1.82, 2.24) is 9.97 Å². The molecule has 158 valence electrons. The van der Waals surface area contributed by atoms with Crippen LogP contribution in [0.1, 0.15) is 35.5 Å². The number of carbonyl (C=O) groups is 1. The average molecular weight is 419 g/mol. The molecule has 30 heavy (non-hydrogen) atoms. The molecule has 0 aliphatic rings. The number of carbonyl (C=O) groups excluding carboxylic acids is 1. The summed E-state index contributed by atoms with van der Waals surface area (Å²) in [4.78, 5) is 21.7. The number of aromatic nitrogens is 2. The lowest BCUT2D eigenvalue weighted by Crippen LogP contribution is -2.19. The molecule has 0 spiro atoms. The average Bonchev–Trinajstić information content (AvgIpc) is 2.62. The molecule has 6 nitrogen and oxygen atoms in total. The summed E-state index contributed by atoms with van der Waals surface area (Å²) in [5.74, 6) is -0.904. The monoisotopic (exact) mass is 419 g/mol. The second-order valence-electron chi connectivity index (χ2n) is 7.00. The second kappa shape index (κ2) is 8.17. The number of hydrogen-bond acceptors (Lipinski definition) is 5. The highest BCUT2D eigenvalue weighted by atomic mass is 19.4. The van der Waals surface area contributed by atoms with Crippen LogP contribution in [0.2, 0.25) is 0 Å². The fraction of sp³-hybridized carbons (Fsp3) is 0.286. The van der Waals surface area contributed by atoms with Crippen molar-refractivity contribution in [3.8, 4) is 11.6 Å². The van der Waals surface area contributed by atoms with E-state index in [0.29, 0.717) is 11.0 Å². The maximum absolute atomic E-state index is 12.8. The highest BCUT2D eigenvalue weighted by molar-refractivity contribution is 6.05. The number of anilines is 1. The molecule has 0 bridgehead atoms. The molecule has 0 atom stereocenters. The second-order valence-corrected chi connectivity index (χ2v) is 7.00. The molecule has 0 radical (unpaired) electrons. The van der Waals surface area contributed by atoms with Crippen molar-refractivity contribution in [2.45, 2.75) is 40.2 Å². The number of aryl methyl sites for hydroxylation is 2. The Morgan fingerprint density at radius 1 is 1.00 bits per heavy atom. The van der Waals surface area contributed by atoms with Gasteiger partial charge in [-0.25, -0.2) is 9.97 Å². The van der Waals surface area contributed by atoms with E-state index in [2.05, 4.69) is 20.0 Å². The summed E-state index contributed by atoms with van der Waals surface area (Å²) in [6.07, 6.45) is -5.03. The van der Waals surface area contributed by atoms with Gasteiger partial charge in [-0.3, -0.25) is 4.79 Å². The van der Waals surface area contributed by atoms with Gasteiger partial charge in [-0.05, 0) is 75.2 Å². The van der Waals surface area contributed by atoms with Crippen molar-refractivity contribution in [3.05, 3.63) is 53.2 Å². The van der Waals surface area contributed by atoms with Crippen molar-refractivity contribution in [2.75, 3.05) is 5.32 Å². The van der Waals surface area contributed by atoms with E-state index in [1.54, 1.807) is 13.8 Å². The Morgan fingerprint density at radius 2 is 1.57 bits per heavy atom. The van der Waals surface area contributed by atoms with Gasteiger partial charge in [0, 0.05) is 5.69 Å². The zero-order chi connectivity index (χ0) is 22.1. The molecule has 9 heteroatoms. The first-order valence-corrected chi connectivity index (χ1v) is 9.14. The topological polar surface area (TPSA) is 73.3 Å². The smallest absolute Gasteiger partial charge is 0.473 e. The third kappa shape index (κ3) is 5.16. The van der Waals surface area contributed by atoms with Crippen molar-refractivity contribution in [1.29, 1.82) is 0 Å². The van der Waals surface area contributed by atoms with Crippen LogP contribution >= 0.6 is 0 Å². The van der Waals surface area contributed by atoms with Gasteiger partial charge in [0.1, 0.15) is 5.75 Å². The third-order valence-electron chi connectivity index (χ3n) is 4.16. The minimum atomic E-state index is -4.79. The molecule has 0 aliphatic heterocycles. The van der Waals surface area contributed by atoms with Crippen LogP contribution in [0.5, 0.6) is 11.6 Å². The molecule has 1 amide bonds. The van der Waals surface area contributed by atoms with E-state index in [0.717, 1.165) is 23.3 Å². The number of benzene rings is 2. The fourth-order valence-corrected chi connectivity index (χ4v) is 2.68. The van der Waals surface area contributed by atoms with Gasteiger partial charge >= 0.3 is 6.36 Å². The van der Waals surface area contributed by atoms with E-state index in [9.17, 15) is 18.0 Å². The van der Waals surface area contributed by atoms with Crippen LogP contribution in [0.4, 0.5) is 18.9 Å². The molecule has 0 aliphatic carbocycles. The highest BCUT2D eigenvalue weighted by Crippen LogP contribution is 2.26. The highest BCUT2D eigenvalue weighted by Gasteiger charge is 2.31. The summed E-state index contributed by atoms with van der Waals surface area (Å²) in [6, 6.07) is 8.50. The van der Waals surface area contributed by atoms with Crippen LogP contribution in [0.3, 0.4) is 0 Å². The molecular weight excluding hydrogens is 399 g/mol. The van der Waals surface area contributed by atoms with Gasteiger partial charge in [-0.2, -0.15) is 0 Å². The normalized spacial score (nSPS) is 11.6. The van der Waals surface area contributed by atoms with E-state index < -0.39 is 12.3 Å². The third-order valence-corrected chi connectivity index (χ3v) is 4.16. The first-order chi connectivity index (χ1) is 14.0. The summed E-state index contributed by atoms with van der Waals surface area (Å²) in [5, 5.41) is 2.59. The minimum Gasteiger partial charge on any atom is -0.473 e. The lowest BCUT2D eigenvalue weighted by Gasteiger charge is -2.14. The van der Waals surface area contributed by atoms with Crippen LogP contribution in [0.15, 0.2) is 36.4 Å². The first kappa shape index (κ1) is 21.4. The molecule has 1 aromatic heterocycles. The molecule has 3 rings (SSSR count). The molecular formula is C21H20F3N3O3. The van der Waals surface area contributed by atoms with E-state index in [4.69, 9.17) is 4.74 Å². The lowest BCUT2D eigenvalue weighted by atomic mass is 10.1. The number of fused-ring (bicyclic) bond motifs is 1. The van der Waals surface area contributed by atoms with E-state index in [-0.39, 0.29) is 29.1 Å². The molecule has 0 fully saturated rings. The van der Waals surface area contributed by atoms with E-state index in [1.165, 1.54) is 12.1 Å². The molecule has 1 N–H and O–H groups in total. The van der Waals surface area contributed by atoms with Crippen molar-refractivity contribution < 1.29 is 27.4 Å². The number of ether oxygens (including phenoxy) is 2. The number of amides is 1. The van der Waals surface area contributed by atoms with Crippen LogP contribution in [-0.4, -0.2) is 28.3 Å². The summed E-state index contributed by atoms with van der Waals surface area (Å²) < 4.78 is 46.3. The first-order valence-electron chi connectivity index (χ1n) is 9.14. The van der Waals surface area contributed by atoms with Crippen molar-refractivity contribution in [3.63, 3.8) is 0 Å². The fourth-order valence-electron chi connectivity index (χ4n) is 2.68. The van der Waals surface area contributed by atoms with E-state index >= 15 is 0 Å². The van der Waals surface area contributed by atoms with Gasteiger partial charge in [0.05, 0.1) is 17.1 Å². The number of hydrogen-bond donors (Lipinski definition) is 1. The SMILES string of the molecule is Cc1cc2nc(OC(C)C)c(C(=O)Nc3ccc(OC(F)(F)F)cc3)nc2cc1C. The van der Waals surface area contributed by atoms with Gasteiger partial charge < -0.3 is 14.8 Å². The molecule has 1 heterocycles. The zero-order valence-corrected chi connectivity index (χ0v) is 16.8. The summed E-state index contributed by atoms with van der Waals surface area (Å²) in [6.45, 7) is 7.48. The predicted molar refractivity (Wildman–Crippen MR) is 106 cm³/mol. The number of alkyl halides is 3. The van der Waals surface area contributed by atoms with Crippen LogP contribution in [0, 0.1) is 13.8 Å². The molecule has 2 aromatic carbocycles. The Labute approximate surface area is 171 Å². The quantitative estimate of drug-likeness (QED) is 0.617. The zero-order valence-electron chi connectivity index (χ0n) is 16.8. The number of nitrogens with one attached hydrogen (secondary N) is 1. The molecule has 0 saturated carbocycles. The summed E-state index contributed by atoms with van der Waals surface area (Å²) >= 11 is 0. The van der Waals surface area contributed by atoms with Gasteiger partial charge in [-0.15, -0.1) is 13.2 Å². The van der Waals surface area contributed by atoms with Gasteiger partial charge in [0.2, 0.25) is 5.88 Å². The Kier molecular flexibility index (Phi) is 5.82. The molecule has 0 unspecified atom stereocenters. The van der Waals surface area contributed by atoms with Gasteiger partial charge in [-0.1, -0.05) is 0 Å². The van der Waals surface area contributed by atoms with Crippen LogP contribution < -0.4 is 14.8 Å². The Hall–Kier alpha value is -3.36. The largest absolute Gasteiger partial charge is 0.573 e. The van der Waals surface area contributed by atoms with Crippen LogP contribution in [0.25, 0.3) is 11.0 Å². The van der Waals surface area contributed by atoms with Gasteiger partial charge in [0.25, 0.3) is 5.91 Å². The lowest BCUT2D eigenvalue weighted by molar-refractivity contribution is -0.274. The van der Waals surface area contributed by atoms with Crippen molar-refractivity contribution in [2.24, 2.45) is 0 Å². The number of rotatable bonds is 5. The Morgan fingerprint density at radius 3 is 2.10 bits per heavy atom. The minimum absolute atomic E-state index is 0.0185. The predicted octanol–water partition coefficient (Wildman–Crippen LogP) is 5.18. The maximum atomic E-state index is 12.8. The Bertz CT molecular complexity index is 1080. The summed E-state index contributed by atoms with van der Waals surface area (Å²) in [5.41, 5.74) is 3.42. The molecule has 0 saturated heterocycles. The summed E-state index contributed by atoms with van der Waals surface area (Å²) in [7, 11) is 0. The maximum Gasteiger partial charge on any atom is 0.573 e. The van der Waals surface area contributed by atoms with Gasteiger partial charge in [0.15, 0.2) is 5.69 Å². The Balaban J connectivity index is 1.91. The standard InChI is InChI=1S/C21H20F3N3O3/c1-11(2)29-20-18(26-16-9-12(3)13(4)10-17(16)27-20)19(28)25-14-5-7-15(8-6-14)30-21(22,23)24/h5-11H,1-4H3,(H,25,28). The molecule has 3 aromatic rings. The van der Waals surface area contributed by atoms with Crippen LogP contribution in [-0.2, 0) is 0 Å². The number of halogens is 3. The van der Waals surface area contributed by atoms with E-state index in [1.807, 2.05) is 26.0 Å². The number of nitrogens with zero attached hydrogens (tertiary/aromatic N) is 2.